The third kappa shape index (κ3) is 4.04. The normalized spacial score (nSPS) is 15.8. The first-order valence-corrected chi connectivity index (χ1v) is 8.68. The summed E-state index contributed by atoms with van der Waals surface area (Å²) >= 11 is 0. The number of benzene rings is 1. The molecule has 0 aliphatic heterocycles. The van der Waals surface area contributed by atoms with Gasteiger partial charge in [-0.2, -0.15) is 0 Å². The molecule has 20 heavy (non-hydrogen) atoms. The molecule has 0 amide bonds. The maximum atomic E-state index is 12.4. The molecule has 2 rings (SSSR count). The molecule has 0 bridgehead atoms. The van der Waals surface area contributed by atoms with Crippen LogP contribution in [0, 0.1) is 5.92 Å². The van der Waals surface area contributed by atoms with E-state index in [2.05, 4.69) is 5.32 Å². The Morgan fingerprint density at radius 1 is 1.25 bits per heavy atom. The summed E-state index contributed by atoms with van der Waals surface area (Å²) in [6.07, 6.45) is 4.35. The van der Waals surface area contributed by atoms with E-state index in [1.165, 1.54) is 9.87 Å². The summed E-state index contributed by atoms with van der Waals surface area (Å²) in [5.74, 6) is 0.565. The highest BCUT2D eigenvalue weighted by molar-refractivity contribution is 7.89. The minimum Gasteiger partial charge on any atom is -0.320 e. The van der Waals surface area contributed by atoms with Crippen molar-refractivity contribution in [3.8, 4) is 0 Å². The van der Waals surface area contributed by atoms with Crippen LogP contribution in [0.5, 0.6) is 0 Å². The van der Waals surface area contributed by atoms with Crippen LogP contribution in [0.1, 0.15) is 24.8 Å². The van der Waals surface area contributed by atoms with Gasteiger partial charge in [0.1, 0.15) is 0 Å². The molecule has 0 saturated heterocycles. The fourth-order valence-corrected chi connectivity index (χ4v) is 3.49. The van der Waals surface area contributed by atoms with Gasteiger partial charge < -0.3 is 5.32 Å². The van der Waals surface area contributed by atoms with Crippen molar-refractivity contribution in [1.29, 1.82) is 0 Å². The molecular formula is C15H24N2O2S. The molecule has 0 radical (unpaired) electrons. The molecule has 1 N–H and O–H groups in total. The van der Waals surface area contributed by atoms with Crippen molar-refractivity contribution < 1.29 is 8.42 Å². The average molecular weight is 296 g/mol. The van der Waals surface area contributed by atoms with Crippen molar-refractivity contribution in [1.82, 2.24) is 9.62 Å². The SMILES string of the molecule is CNCCCc1ccc(S(=O)(=O)N(C)CC2CC2)cc1. The Morgan fingerprint density at radius 2 is 1.90 bits per heavy atom. The van der Waals surface area contributed by atoms with Gasteiger partial charge in [0.15, 0.2) is 0 Å². The molecule has 0 aromatic heterocycles. The molecule has 1 saturated carbocycles. The van der Waals surface area contributed by atoms with Gasteiger partial charge in [-0.05, 0) is 62.9 Å². The van der Waals surface area contributed by atoms with E-state index in [1.54, 1.807) is 19.2 Å². The van der Waals surface area contributed by atoms with Crippen LogP contribution in [0.15, 0.2) is 29.2 Å². The Balaban J connectivity index is 2.00. The zero-order chi connectivity index (χ0) is 14.6. The second-order valence-electron chi connectivity index (χ2n) is 5.58. The zero-order valence-corrected chi connectivity index (χ0v) is 13.1. The zero-order valence-electron chi connectivity index (χ0n) is 12.3. The number of aryl methyl sites for hydroxylation is 1. The van der Waals surface area contributed by atoms with Gasteiger partial charge in [-0.15, -0.1) is 0 Å². The number of nitrogens with one attached hydrogen (secondary N) is 1. The van der Waals surface area contributed by atoms with Crippen LogP contribution in [-0.2, 0) is 16.4 Å². The maximum Gasteiger partial charge on any atom is 0.242 e. The molecule has 1 aliphatic carbocycles. The van der Waals surface area contributed by atoms with Crippen molar-refractivity contribution in [2.24, 2.45) is 5.92 Å². The standard InChI is InChI=1S/C15H24N2O2S/c1-16-11-3-4-13-7-9-15(10-8-13)20(18,19)17(2)12-14-5-6-14/h7-10,14,16H,3-6,11-12H2,1-2H3. The second kappa shape index (κ2) is 6.70. The van der Waals surface area contributed by atoms with E-state index in [0.717, 1.165) is 32.2 Å². The summed E-state index contributed by atoms with van der Waals surface area (Å²) < 4.78 is 26.3. The molecule has 1 fully saturated rings. The lowest BCUT2D eigenvalue weighted by atomic mass is 10.1. The average Bonchev–Trinajstić information content (AvgIpc) is 3.23. The maximum absolute atomic E-state index is 12.4. The first-order chi connectivity index (χ1) is 9.54. The lowest BCUT2D eigenvalue weighted by Gasteiger charge is -2.17. The lowest BCUT2D eigenvalue weighted by molar-refractivity contribution is 0.453. The van der Waals surface area contributed by atoms with Gasteiger partial charge in [-0.1, -0.05) is 12.1 Å². The molecule has 0 unspecified atom stereocenters. The highest BCUT2D eigenvalue weighted by Crippen LogP contribution is 2.31. The van der Waals surface area contributed by atoms with Crippen LogP contribution in [0.4, 0.5) is 0 Å². The molecule has 0 spiro atoms. The van der Waals surface area contributed by atoms with Crippen LogP contribution in [0.3, 0.4) is 0 Å². The molecule has 1 aromatic rings. The predicted molar refractivity (Wildman–Crippen MR) is 81.2 cm³/mol. The van der Waals surface area contributed by atoms with Crippen molar-refractivity contribution in [3.05, 3.63) is 29.8 Å². The van der Waals surface area contributed by atoms with Crippen LogP contribution in [-0.4, -0.2) is 39.9 Å². The topological polar surface area (TPSA) is 49.4 Å². The fourth-order valence-electron chi connectivity index (χ4n) is 2.24. The molecule has 0 heterocycles. The van der Waals surface area contributed by atoms with Gasteiger partial charge in [0, 0.05) is 13.6 Å². The van der Waals surface area contributed by atoms with Crippen LogP contribution < -0.4 is 5.32 Å². The van der Waals surface area contributed by atoms with Crippen molar-refractivity contribution >= 4 is 10.0 Å². The summed E-state index contributed by atoms with van der Waals surface area (Å²) in [6.45, 7) is 1.62. The van der Waals surface area contributed by atoms with Crippen molar-refractivity contribution in [2.75, 3.05) is 27.2 Å². The van der Waals surface area contributed by atoms with E-state index in [4.69, 9.17) is 0 Å². The third-order valence-corrected chi connectivity index (χ3v) is 5.57. The Morgan fingerprint density at radius 3 is 2.45 bits per heavy atom. The van der Waals surface area contributed by atoms with Crippen LogP contribution in [0.2, 0.25) is 0 Å². The highest BCUT2D eigenvalue weighted by atomic mass is 32.2. The molecule has 5 heteroatoms. The van der Waals surface area contributed by atoms with Crippen LogP contribution in [0.25, 0.3) is 0 Å². The first-order valence-electron chi connectivity index (χ1n) is 7.24. The van der Waals surface area contributed by atoms with E-state index in [-0.39, 0.29) is 0 Å². The minimum atomic E-state index is -3.31. The molecule has 0 atom stereocenters. The predicted octanol–water partition coefficient (Wildman–Crippen LogP) is 1.87. The number of hydrogen-bond acceptors (Lipinski definition) is 3. The fraction of sp³-hybridized carbons (Fsp3) is 0.600. The summed E-state index contributed by atoms with van der Waals surface area (Å²) in [5, 5.41) is 3.11. The number of nitrogens with zero attached hydrogens (tertiary/aromatic N) is 1. The molecule has 112 valence electrons. The monoisotopic (exact) mass is 296 g/mol. The van der Waals surface area contributed by atoms with Gasteiger partial charge >= 0.3 is 0 Å². The Hall–Kier alpha value is -0.910. The number of hydrogen-bond donors (Lipinski definition) is 1. The van der Waals surface area contributed by atoms with Gasteiger partial charge in [0.25, 0.3) is 0 Å². The van der Waals surface area contributed by atoms with Crippen LogP contribution >= 0.6 is 0 Å². The van der Waals surface area contributed by atoms with Crippen molar-refractivity contribution in [2.45, 2.75) is 30.6 Å². The summed E-state index contributed by atoms with van der Waals surface area (Å²) in [5.41, 5.74) is 1.18. The summed E-state index contributed by atoms with van der Waals surface area (Å²) in [7, 11) is 0.296. The highest BCUT2D eigenvalue weighted by Gasteiger charge is 2.28. The molecule has 4 nitrogen and oxygen atoms in total. The van der Waals surface area contributed by atoms with E-state index < -0.39 is 10.0 Å². The van der Waals surface area contributed by atoms with Crippen molar-refractivity contribution in [3.63, 3.8) is 0 Å². The quantitative estimate of drug-likeness (QED) is 0.745. The Kier molecular flexibility index (Phi) is 5.18. The number of sulfonamides is 1. The van der Waals surface area contributed by atoms with E-state index in [9.17, 15) is 8.42 Å². The smallest absolute Gasteiger partial charge is 0.242 e. The second-order valence-corrected chi connectivity index (χ2v) is 7.62. The Bertz CT molecular complexity index is 521. The summed E-state index contributed by atoms with van der Waals surface area (Å²) in [6, 6.07) is 7.31. The van der Waals surface area contributed by atoms with E-state index in [1.807, 2.05) is 19.2 Å². The molecular weight excluding hydrogens is 272 g/mol. The van der Waals surface area contributed by atoms with E-state index in [0.29, 0.717) is 17.4 Å². The van der Waals surface area contributed by atoms with Gasteiger partial charge in [0.05, 0.1) is 4.90 Å². The summed E-state index contributed by atoms with van der Waals surface area (Å²) in [4.78, 5) is 0.401. The molecule has 1 aromatic carbocycles. The lowest BCUT2D eigenvalue weighted by Crippen LogP contribution is -2.28. The third-order valence-electron chi connectivity index (χ3n) is 3.74. The van der Waals surface area contributed by atoms with Gasteiger partial charge in [-0.25, -0.2) is 12.7 Å². The van der Waals surface area contributed by atoms with Gasteiger partial charge in [0.2, 0.25) is 10.0 Å². The first kappa shape index (κ1) is 15.5. The number of rotatable bonds is 8. The minimum absolute atomic E-state index is 0.401. The van der Waals surface area contributed by atoms with Gasteiger partial charge in [-0.3, -0.25) is 0 Å². The largest absolute Gasteiger partial charge is 0.320 e. The van der Waals surface area contributed by atoms with E-state index >= 15 is 0 Å². The Labute approximate surface area is 122 Å². The molecule has 1 aliphatic rings.